The van der Waals surface area contributed by atoms with Crippen molar-refractivity contribution in [2.24, 2.45) is 0 Å². The summed E-state index contributed by atoms with van der Waals surface area (Å²) in [6.07, 6.45) is 9.48. The highest BCUT2D eigenvalue weighted by Gasteiger charge is 2.19. The molecule has 4 nitrogen and oxygen atoms in total. The van der Waals surface area contributed by atoms with E-state index in [0.717, 1.165) is 19.3 Å². The van der Waals surface area contributed by atoms with Gasteiger partial charge in [-0.15, -0.1) is 0 Å². The van der Waals surface area contributed by atoms with Crippen LogP contribution in [0.25, 0.3) is 0 Å². The molecule has 2 atom stereocenters. The van der Waals surface area contributed by atoms with E-state index in [4.69, 9.17) is 0 Å². The van der Waals surface area contributed by atoms with Crippen LogP contribution in [0.1, 0.15) is 42.2 Å². The first-order valence-corrected chi connectivity index (χ1v) is 7.36. The van der Waals surface area contributed by atoms with Crippen LogP contribution in [0.5, 0.6) is 0 Å². The molecule has 0 aromatic carbocycles. The van der Waals surface area contributed by atoms with Crippen molar-refractivity contribution in [3.8, 4) is 0 Å². The Morgan fingerprint density at radius 1 is 0.714 bits per heavy atom. The van der Waals surface area contributed by atoms with E-state index in [0.29, 0.717) is 0 Å². The fourth-order valence-electron chi connectivity index (χ4n) is 2.77. The monoisotopic (exact) mass is 286 g/mol. The van der Waals surface area contributed by atoms with Gasteiger partial charge >= 0.3 is 0 Å². The van der Waals surface area contributed by atoms with Crippen LogP contribution in [0.2, 0.25) is 0 Å². The molecule has 2 N–H and O–H groups in total. The maximum absolute atomic E-state index is 9.34. The number of rotatable bonds is 8. The van der Waals surface area contributed by atoms with Gasteiger partial charge < -0.3 is 10.2 Å². The largest absolute Gasteiger partial charge is 0.396 e. The second-order valence-electron chi connectivity index (χ2n) is 5.22. The van der Waals surface area contributed by atoms with Crippen LogP contribution < -0.4 is 0 Å². The van der Waals surface area contributed by atoms with Crippen LogP contribution in [0.15, 0.2) is 49.1 Å². The van der Waals surface area contributed by atoms with E-state index < -0.39 is 0 Å². The Labute approximate surface area is 125 Å². The van der Waals surface area contributed by atoms with E-state index in [1.165, 1.54) is 11.1 Å². The minimum absolute atomic E-state index is 0.162. The topological polar surface area (TPSA) is 66.2 Å². The Hall–Kier alpha value is -1.78. The van der Waals surface area contributed by atoms with Gasteiger partial charge in [-0.2, -0.15) is 0 Å². The fourth-order valence-corrected chi connectivity index (χ4v) is 2.77. The van der Waals surface area contributed by atoms with Crippen LogP contribution in [-0.4, -0.2) is 33.4 Å². The molecule has 2 aromatic rings. The molecule has 112 valence electrons. The van der Waals surface area contributed by atoms with E-state index in [2.05, 4.69) is 9.97 Å². The van der Waals surface area contributed by atoms with E-state index in [-0.39, 0.29) is 25.0 Å². The van der Waals surface area contributed by atoms with Crippen molar-refractivity contribution < 1.29 is 10.2 Å². The maximum Gasteiger partial charge on any atom is 0.0436 e. The summed E-state index contributed by atoms with van der Waals surface area (Å²) in [5, 5.41) is 18.7. The molecule has 0 aliphatic carbocycles. The van der Waals surface area contributed by atoms with Gasteiger partial charge in [-0.05, 0) is 66.5 Å². The molecule has 0 radical (unpaired) electrons. The van der Waals surface area contributed by atoms with Gasteiger partial charge in [0.2, 0.25) is 0 Å². The third-order valence-electron chi connectivity index (χ3n) is 3.88. The SMILES string of the molecule is OCC[C@@H](C[C@H](CCO)c1ccncc1)c1ccncc1. The molecule has 0 spiro atoms. The van der Waals surface area contributed by atoms with Gasteiger partial charge in [0, 0.05) is 38.0 Å². The predicted molar refractivity (Wildman–Crippen MR) is 82.0 cm³/mol. The normalized spacial score (nSPS) is 13.8. The van der Waals surface area contributed by atoms with E-state index in [1.807, 2.05) is 24.3 Å². The van der Waals surface area contributed by atoms with E-state index in [9.17, 15) is 10.2 Å². The lowest BCUT2D eigenvalue weighted by atomic mass is 9.82. The molecule has 0 unspecified atom stereocenters. The molecular formula is C17H22N2O2. The molecule has 0 saturated heterocycles. The molecule has 0 amide bonds. The molecule has 0 bridgehead atoms. The molecule has 0 aliphatic rings. The second kappa shape index (κ2) is 8.49. The molecule has 2 rings (SSSR count). The Bertz CT molecular complexity index is 457. The summed E-state index contributed by atoms with van der Waals surface area (Å²) in [6.45, 7) is 0.324. The third kappa shape index (κ3) is 4.62. The molecule has 21 heavy (non-hydrogen) atoms. The summed E-state index contributed by atoms with van der Waals surface area (Å²) in [4.78, 5) is 8.10. The van der Waals surface area contributed by atoms with Crippen molar-refractivity contribution in [1.82, 2.24) is 9.97 Å². The Morgan fingerprint density at radius 3 is 1.43 bits per heavy atom. The van der Waals surface area contributed by atoms with Crippen LogP contribution in [0.4, 0.5) is 0 Å². The first-order valence-electron chi connectivity index (χ1n) is 7.36. The van der Waals surface area contributed by atoms with Crippen LogP contribution in [0.3, 0.4) is 0 Å². The van der Waals surface area contributed by atoms with Gasteiger partial charge in [0.15, 0.2) is 0 Å². The van der Waals surface area contributed by atoms with Crippen LogP contribution in [0, 0.1) is 0 Å². The first kappa shape index (κ1) is 15.6. The minimum atomic E-state index is 0.162. The summed E-state index contributed by atoms with van der Waals surface area (Å²) >= 11 is 0. The van der Waals surface area contributed by atoms with Crippen molar-refractivity contribution in [3.05, 3.63) is 60.2 Å². The van der Waals surface area contributed by atoms with Gasteiger partial charge in [0.1, 0.15) is 0 Å². The van der Waals surface area contributed by atoms with Gasteiger partial charge in [-0.1, -0.05) is 0 Å². The number of pyridine rings is 2. The van der Waals surface area contributed by atoms with Crippen molar-refractivity contribution >= 4 is 0 Å². The van der Waals surface area contributed by atoms with Gasteiger partial charge in [-0.3, -0.25) is 9.97 Å². The number of hydrogen-bond acceptors (Lipinski definition) is 4. The number of hydrogen-bond donors (Lipinski definition) is 2. The molecule has 0 fully saturated rings. The fraction of sp³-hybridized carbons (Fsp3) is 0.412. The van der Waals surface area contributed by atoms with Crippen LogP contribution >= 0.6 is 0 Å². The zero-order chi connectivity index (χ0) is 14.9. The lowest BCUT2D eigenvalue weighted by Crippen LogP contribution is -2.10. The summed E-state index contributed by atoms with van der Waals surface area (Å²) in [7, 11) is 0. The summed E-state index contributed by atoms with van der Waals surface area (Å²) in [5.41, 5.74) is 2.38. The number of aromatic nitrogens is 2. The smallest absolute Gasteiger partial charge is 0.0436 e. The molecule has 2 heterocycles. The van der Waals surface area contributed by atoms with Crippen molar-refractivity contribution in [2.75, 3.05) is 13.2 Å². The molecule has 2 aromatic heterocycles. The minimum Gasteiger partial charge on any atom is -0.396 e. The van der Waals surface area contributed by atoms with Gasteiger partial charge in [0.25, 0.3) is 0 Å². The molecule has 4 heteroatoms. The van der Waals surface area contributed by atoms with Crippen LogP contribution in [-0.2, 0) is 0 Å². The summed E-state index contributed by atoms with van der Waals surface area (Å²) in [5.74, 6) is 0.533. The van der Waals surface area contributed by atoms with Crippen molar-refractivity contribution in [1.29, 1.82) is 0 Å². The summed E-state index contributed by atoms with van der Waals surface area (Å²) in [6, 6.07) is 8.01. The molecule has 0 aliphatic heterocycles. The maximum atomic E-state index is 9.34. The highest BCUT2D eigenvalue weighted by molar-refractivity contribution is 5.20. The second-order valence-corrected chi connectivity index (χ2v) is 5.22. The Morgan fingerprint density at radius 2 is 1.10 bits per heavy atom. The zero-order valence-corrected chi connectivity index (χ0v) is 12.1. The van der Waals surface area contributed by atoms with E-state index >= 15 is 0 Å². The lowest BCUT2D eigenvalue weighted by molar-refractivity contribution is 0.253. The number of aliphatic hydroxyl groups is 2. The quantitative estimate of drug-likeness (QED) is 0.782. The zero-order valence-electron chi connectivity index (χ0n) is 12.1. The highest BCUT2D eigenvalue weighted by atomic mass is 16.3. The van der Waals surface area contributed by atoms with Gasteiger partial charge in [0.05, 0.1) is 0 Å². The Balaban J connectivity index is 2.16. The molecule has 0 saturated carbocycles. The highest BCUT2D eigenvalue weighted by Crippen LogP contribution is 2.33. The lowest BCUT2D eigenvalue weighted by Gasteiger charge is -2.23. The first-order chi connectivity index (χ1) is 10.3. The molecular weight excluding hydrogens is 264 g/mol. The van der Waals surface area contributed by atoms with Crippen molar-refractivity contribution in [2.45, 2.75) is 31.1 Å². The number of nitrogens with zero attached hydrogens (tertiary/aromatic N) is 2. The average molecular weight is 286 g/mol. The standard InChI is InChI=1S/C17H22N2O2/c20-11-5-16(14-1-7-18-8-2-14)13-17(6-12-21)15-3-9-19-10-4-15/h1-4,7-10,16-17,20-21H,5-6,11-13H2/t16-,17-/m0/s1. The summed E-state index contributed by atoms with van der Waals surface area (Å²) < 4.78 is 0. The van der Waals surface area contributed by atoms with Crippen molar-refractivity contribution in [3.63, 3.8) is 0 Å². The van der Waals surface area contributed by atoms with E-state index in [1.54, 1.807) is 24.8 Å². The predicted octanol–water partition coefficient (Wildman–Crippen LogP) is 2.50. The number of aliphatic hydroxyl groups excluding tert-OH is 2. The van der Waals surface area contributed by atoms with Gasteiger partial charge in [-0.25, -0.2) is 0 Å². The average Bonchev–Trinajstić information content (AvgIpc) is 2.55. The third-order valence-corrected chi connectivity index (χ3v) is 3.88. The Kier molecular flexibility index (Phi) is 6.31.